The number of H-pyrrole nitrogens is 2. The Balaban J connectivity index is 1.54. The second kappa shape index (κ2) is 7.85. The van der Waals surface area contributed by atoms with Crippen molar-refractivity contribution in [2.75, 3.05) is 17.7 Å². The highest BCUT2D eigenvalue weighted by atomic mass is 32.2. The summed E-state index contributed by atoms with van der Waals surface area (Å²) in [5, 5.41) is 3.63. The van der Waals surface area contributed by atoms with Crippen LogP contribution in [0.5, 0.6) is 0 Å². The van der Waals surface area contributed by atoms with Crippen LogP contribution < -0.4 is 10.3 Å². The quantitative estimate of drug-likeness (QED) is 0.525. The third-order valence-electron chi connectivity index (χ3n) is 3.45. The largest absolute Gasteiger partial charge is 0.462 e. The van der Waals surface area contributed by atoms with E-state index in [4.69, 9.17) is 4.74 Å². The van der Waals surface area contributed by atoms with E-state index in [2.05, 4.69) is 15.3 Å². The molecule has 3 N–H and O–H groups in total. The summed E-state index contributed by atoms with van der Waals surface area (Å²) in [5.74, 6) is -0.227. The van der Waals surface area contributed by atoms with Gasteiger partial charge < -0.3 is 10.1 Å². The van der Waals surface area contributed by atoms with Crippen LogP contribution in [0, 0.1) is 0 Å². The van der Waals surface area contributed by atoms with Crippen molar-refractivity contribution in [1.29, 1.82) is 0 Å². The lowest BCUT2D eigenvalue weighted by atomic mass is 10.2. The fourth-order valence-corrected chi connectivity index (χ4v) is 3.00. The Kier molecular flexibility index (Phi) is 5.35. The lowest BCUT2D eigenvalue weighted by Crippen LogP contribution is -2.15. The number of anilines is 1. The van der Waals surface area contributed by atoms with Gasteiger partial charge in [-0.25, -0.2) is 14.8 Å². The van der Waals surface area contributed by atoms with Gasteiger partial charge in [0, 0.05) is 5.69 Å². The first-order chi connectivity index (χ1) is 12.2. The molecule has 0 saturated heterocycles. The number of rotatable bonds is 6. The number of aromatic nitrogens is 2. The predicted molar refractivity (Wildman–Crippen MR) is 96.6 cm³/mol. The maximum atomic E-state index is 12.1. The summed E-state index contributed by atoms with van der Waals surface area (Å²) >= 11 is 1.39. The van der Waals surface area contributed by atoms with Gasteiger partial charge >= 0.3 is 11.1 Å². The first-order valence-electron chi connectivity index (χ1n) is 7.85. The number of thioether (sulfide) groups is 1. The Morgan fingerprint density at radius 2 is 1.92 bits per heavy atom. The SMILES string of the molecule is CCOC(=O)c1ccc(NC(=O)CSc2[nH]c3ccccc3[nH+]2)cc1. The number of amides is 1. The van der Waals surface area contributed by atoms with Gasteiger partial charge in [0.05, 0.1) is 17.9 Å². The first-order valence-corrected chi connectivity index (χ1v) is 8.84. The Labute approximate surface area is 149 Å². The summed E-state index contributed by atoms with van der Waals surface area (Å²) < 4.78 is 4.92. The zero-order chi connectivity index (χ0) is 17.6. The van der Waals surface area contributed by atoms with Crippen molar-refractivity contribution in [3.05, 3.63) is 54.1 Å². The topological polar surface area (TPSA) is 85.3 Å². The normalized spacial score (nSPS) is 10.6. The summed E-state index contributed by atoms with van der Waals surface area (Å²) in [4.78, 5) is 30.1. The van der Waals surface area contributed by atoms with Crippen LogP contribution in [-0.2, 0) is 9.53 Å². The van der Waals surface area contributed by atoms with E-state index in [1.807, 2.05) is 24.3 Å². The molecule has 0 fully saturated rings. The molecule has 0 radical (unpaired) electrons. The van der Waals surface area contributed by atoms with Crippen molar-refractivity contribution in [2.45, 2.75) is 12.1 Å². The van der Waals surface area contributed by atoms with Crippen molar-refractivity contribution < 1.29 is 19.3 Å². The van der Waals surface area contributed by atoms with Gasteiger partial charge in [-0.2, -0.15) is 0 Å². The smallest absolute Gasteiger partial charge is 0.338 e. The molecule has 1 aromatic heterocycles. The maximum Gasteiger partial charge on any atom is 0.338 e. The van der Waals surface area contributed by atoms with Gasteiger partial charge in [0.15, 0.2) is 11.0 Å². The van der Waals surface area contributed by atoms with E-state index in [0.29, 0.717) is 17.9 Å². The number of carbonyl (C=O) groups is 2. The van der Waals surface area contributed by atoms with Crippen LogP contribution in [0.1, 0.15) is 17.3 Å². The van der Waals surface area contributed by atoms with Gasteiger partial charge in [0.2, 0.25) is 5.91 Å². The zero-order valence-corrected chi connectivity index (χ0v) is 14.5. The number of esters is 1. The average Bonchev–Trinajstić information content (AvgIpc) is 3.04. The molecule has 7 heteroatoms. The van der Waals surface area contributed by atoms with Crippen LogP contribution in [0.2, 0.25) is 0 Å². The molecular formula is C18H18N3O3S+. The summed E-state index contributed by atoms with van der Waals surface area (Å²) in [6.07, 6.45) is 0. The number of para-hydroxylation sites is 2. The number of carbonyl (C=O) groups excluding carboxylic acids is 2. The molecule has 0 bridgehead atoms. The molecule has 0 unspecified atom stereocenters. The van der Waals surface area contributed by atoms with Gasteiger partial charge in [-0.1, -0.05) is 12.1 Å². The predicted octanol–water partition coefficient (Wildman–Crippen LogP) is 2.89. The molecule has 0 spiro atoms. The van der Waals surface area contributed by atoms with Crippen molar-refractivity contribution in [2.24, 2.45) is 0 Å². The van der Waals surface area contributed by atoms with E-state index in [1.54, 1.807) is 31.2 Å². The molecule has 0 atom stereocenters. The summed E-state index contributed by atoms with van der Waals surface area (Å²) in [5.41, 5.74) is 3.10. The fourth-order valence-electron chi connectivity index (χ4n) is 2.29. The Morgan fingerprint density at radius 1 is 1.16 bits per heavy atom. The highest BCUT2D eigenvalue weighted by Gasteiger charge is 2.12. The molecule has 128 valence electrons. The molecule has 25 heavy (non-hydrogen) atoms. The molecule has 1 amide bonds. The molecule has 1 heterocycles. The fraction of sp³-hybridized carbons (Fsp3) is 0.167. The summed E-state index contributed by atoms with van der Waals surface area (Å²) in [6.45, 7) is 2.09. The van der Waals surface area contributed by atoms with Crippen LogP contribution in [0.25, 0.3) is 11.0 Å². The minimum atomic E-state index is -0.370. The molecule has 6 nitrogen and oxygen atoms in total. The van der Waals surface area contributed by atoms with Crippen molar-refractivity contribution in [3.8, 4) is 0 Å². The van der Waals surface area contributed by atoms with Crippen LogP contribution in [0.3, 0.4) is 0 Å². The maximum absolute atomic E-state index is 12.1. The lowest BCUT2D eigenvalue weighted by Gasteiger charge is -2.05. The number of nitrogens with one attached hydrogen (secondary N) is 3. The van der Waals surface area contributed by atoms with Crippen LogP contribution in [-0.4, -0.2) is 29.2 Å². The zero-order valence-electron chi connectivity index (χ0n) is 13.7. The second-order valence-electron chi connectivity index (χ2n) is 5.26. The number of aromatic amines is 2. The molecule has 0 saturated carbocycles. The van der Waals surface area contributed by atoms with Crippen molar-refractivity contribution in [3.63, 3.8) is 0 Å². The number of hydrogen-bond acceptors (Lipinski definition) is 4. The van der Waals surface area contributed by atoms with Gasteiger partial charge in [0.25, 0.3) is 0 Å². The van der Waals surface area contributed by atoms with E-state index in [0.717, 1.165) is 16.2 Å². The standard InChI is InChI=1S/C18H17N3O3S/c1-2-24-17(23)12-7-9-13(10-8-12)19-16(22)11-25-18-20-14-5-3-4-6-15(14)21-18/h3-10H,2,11H2,1H3,(H,19,22)(H,20,21)/p+1. The van der Waals surface area contributed by atoms with E-state index < -0.39 is 0 Å². The minimum Gasteiger partial charge on any atom is -0.462 e. The van der Waals surface area contributed by atoms with E-state index in [-0.39, 0.29) is 17.6 Å². The van der Waals surface area contributed by atoms with Gasteiger partial charge in [0.1, 0.15) is 0 Å². The summed E-state index contributed by atoms with van der Waals surface area (Å²) in [6, 6.07) is 14.5. The highest BCUT2D eigenvalue weighted by Crippen LogP contribution is 2.16. The third-order valence-corrected chi connectivity index (χ3v) is 4.35. The Hall–Kier alpha value is -2.80. The number of fused-ring (bicyclic) bond motifs is 1. The lowest BCUT2D eigenvalue weighted by molar-refractivity contribution is -0.396. The monoisotopic (exact) mass is 356 g/mol. The van der Waals surface area contributed by atoms with Gasteiger partial charge in [-0.05, 0) is 55.1 Å². The molecule has 3 rings (SSSR count). The first kappa shape index (κ1) is 17.0. The highest BCUT2D eigenvalue weighted by molar-refractivity contribution is 7.99. The van der Waals surface area contributed by atoms with E-state index >= 15 is 0 Å². The molecule has 2 aromatic carbocycles. The number of ether oxygens (including phenoxy) is 1. The molecular weight excluding hydrogens is 338 g/mol. The average molecular weight is 356 g/mol. The Bertz CT molecular complexity index is 857. The van der Waals surface area contributed by atoms with Gasteiger partial charge in [-0.3, -0.25) is 4.79 Å². The number of benzene rings is 2. The van der Waals surface area contributed by atoms with Crippen LogP contribution in [0.15, 0.2) is 53.7 Å². The van der Waals surface area contributed by atoms with E-state index in [1.165, 1.54) is 11.8 Å². The molecule has 0 aliphatic carbocycles. The van der Waals surface area contributed by atoms with Crippen LogP contribution in [0.4, 0.5) is 5.69 Å². The van der Waals surface area contributed by atoms with Crippen molar-refractivity contribution >= 4 is 40.4 Å². The minimum absolute atomic E-state index is 0.124. The van der Waals surface area contributed by atoms with Crippen molar-refractivity contribution in [1.82, 2.24) is 4.98 Å². The molecule has 0 aliphatic heterocycles. The molecule has 3 aromatic rings. The van der Waals surface area contributed by atoms with Crippen LogP contribution >= 0.6 is 11.8 Å². The number of imidazole rings is 1. The second-order valence-corrected chi connectivity index (χ2v) is 6.24. The van der Waals surface area contributed by atoms with E-state index in [9.17, 15) is 9.59 Å². The van der Waals surface area contributed by atoms with Gasteiger partial charge in [-0.15, -0.1) is 0 Å². The summed E-state index contributed by atoms with van der Waals surface area (Å²) in [7, 11) is 0. The molecule has 0 aliphatic rings. The Morgan fingerprint density at radius 3 is 2.64 bits per heavy atom. The number of hydrogen-bond donors (Lipinski definition) is 2. The third kappa shape index (κ3) is 4.39.